The molecule has 0 aromatic carbocycles. The van der Waals surface area contributed by atoms with E-state index in [-0.39, 0.29) is 17.6 Å². The third-order valence-electron chi connectivity index (χ3n) is 5.81. The molecular formula is C20H25NO2. The molecule has 0 radical (unpaired) electrons. The first-order chi connectivity index (χ1) is 11.2. The number of hydrogen-bond acceptors (Lipinski definition) is 3. The van der Waals surface area contributed by atoms with Crippen molar-refractivity contribution in [2.75, 3.05) is 0 Å². The van der Waals surface area contributed by atoms with Crippen LogP contribution in [0, 0.1) is 11.8 Å². The van der Waals surface area contributed by atoms with Crippen LogP contribution in [0.3, 0.4) is 0 Å². The van der Waals surface area contributed by atoms with E-state index in [0.717, 1.165) is 18.4 Å². The summed E-state index contributed by atoms with van der Waals surface area (Å²) in [6, 6.07) is 0.384. The van der Waals surface area contributed by atoms with Crippen LogP contribution in [-0.4, -0.2) is 22.3 Å². The minimum absolute atomic E-state index is 0.00953. The molecule has 3 nitrogen and oxygen atoms in total. The summed E-state index contributed by atoms with van der Waals surface area (Å²) in [4.78, 5) is 0. The molecular weight excluding hydrogens is 286 g/mol. The Balaban J connectivity index is 1.81. The van der Waals surface area contributed by atoms with Crippen LogP contribution in [-0.2, 0) is 0 Å². The first-order valence-electron chi connectivity index (χ1n) is 8.85. The van der Waals surface area contributed by atoms with Gasteiger partial charge in [-0.1, -0.05) is 37.1 Å². The van der Waals surface area contributed by atoms with Gasteiger partial charge in [0.2, 0.25) is 0 Å². The molecule has 0 fully saturated rings. The molecule has 1 aliphatic heterocycles. The highest BCUT2D eigenvalue weighted by atomic mass is 16.3. The summed E-state index contributed by atoms with van der Waals surface area (Å²) in [5.74, 6) is 1.30. The number of allylic oxidation sites excluding steroid dienone is 4. The molecule has 0 amide bonds. The van der Waals surface area contributed by atoms with E-state index in [4.69, 9.17) is 0 Å². The molecule has 4 rings (SSSR count). The maximum absolute atomic E-state index is 10.3. The highest BCUT2D eigenvalue weighted by Gasteiger charge is 2.40. The molecule has 0 saturated heterocycles. The number of nitrogens with one attached hydrogen (secondary N) is 1. The van der Waals surface area contributed by atoms with Crippen LogP contribution < -0.4 is 5.32 Å². The largest absolute Gasteiger partial charge is 0.504 e. The van der Waals surface area contributed by atoms with Gasteiger partial charge in [0.15, 0.2) is 11.5 Å². The monoisotopic (exact) mass is 311 g/mol. The van der Waals surface area contributed by atoms with Crippen LogP contribution in [0.15, 0.2) is 58.6 Å². The number of fused-ring (bicyclic) bond motifs is 3. The zero-order valence-corrected chi connectivity index (χ0v) is 13.6. The number of aliphatic hydroxyl groups is 2. The van der Waals surface area contributed by atoms with Crippen LogP contribution >= 0.6 is 0 Å². The molecule has 0 bridgehead atoms. The van der Waals surface area contributed by atoms with E-state index in [2.05, 4.69) is 30.5 Å². The lowest BCUT2D eigenvalue weighted by atomic mass is 9.67. The van der Waals surface area contributed by atoms with Gasteiger partial charge in [0.1, 0.15) is 0 Å². The topological polar surface area (TPSA) is 52.5 Å². The molecule has 23 heavy (non-hydrogen) atoms. The van der Waals surface area contributed by atoms with Crippen LogP contribution in [0.1, 0.15) is 39.0 Å². The Labute approximate surface area is 137 Å². The molecule has 4 aliphatic rings. The average molecular weight is 311 g/mol. The number of aliphatic hydroxyl groups excluding tert-OH is 2. The summed E-state index contributed by atoms with van der Waals surface area (Å²) in [7, 11) is 0. The fourth-order valence-corrected chi connectivity index (χ4v) is 4.72. The van der Waals surface area contributed by atoms with Crippen molar-refractivity contribution in [1.29, 1.82) is 0 Å². The minimum Gasteiger partial charge on any atom is -0.504 e. The van der Waals surface area contributed by atoms with Gasteiger partial charge in [-0.15, -0.1) is 0 Å². The second-order valence-corrected chi connectivity index (χ2v) is 7.19. The molecule has 4 unspecified atom stereocenters. The van der Waals surface area contributed by atoms with Crippen molar-refractivity contribution in [3.8, 4) is 0 Å². The quantitative estimate of drug-likeness (QED) is 0.669. The molecule has 0 spiro atoms. The van der Waals surface area contributed by atoms with Gasteiger partial charge in [0.05, 0.1) is 6.04 Å². The summed E-state index contributed by atoms with van der Waals surface area (Å²) in [6.07, 6.45) is 16.2. The predicted molar refractivity (Wildman–Crippen MR) is 92.1 cm³/mol. The number of rotatable bonds is 2. The van der Waals surface area contributed by atoms with Gasteiger partial charge in [0, 0.05) is 11.6 Å². The Bertz CT molecular complexity index is 665. The SMILES string of the molecule is CCCC1CC2CC=CCC2=C2C=C3C(O)=C(O)C=CC3NC21. The highest BCUT2D eigenvalue weighted by Crippen LogP contribution is 2.45. The standard InChI is InChI=1S/C20H25NO2/c1-2-5-13-10-12-6-3-4-7-14(12)15-11-16-17(21-19(13)15)8-9-18(22)20(16)23/h3-4,8-9,11-13,17,19,21-23H,2,5-7,10H2,1H3. The Hall–Kier alpha value is -1.74. The lowest BCUT2D eigenvalue weighted by Crippen LogP contribution is -2.50. The highest BCUT2D eigenvalue weighted by molar-refractivity contribution is 5.53. The molecule has 3 heteroatoms. The van der Waals surface area contributed by atoms with Gasteiger partial charge < -0.3 is 10.2 Å². The van der Waals surface area contributed by atoms with E-state index < -0.39 is 0 Å². The molecule has 0 aromatic rings. The summed E-state index contributed by atoms with van der Waals surface area (Å²) in [6.45, 7) is 2.26. The van der Waals surface area contributed by atoms with Crippen LogP contribution in [0.25, 0.3) is 0 Å². The van der Waals surface area contributed by atoms with Crippen molar-refractivity contribution in [3.63, 3.8) is 0 Å². The molecule has 3 aliphatic carbocycles. The molecule has 4 atom stereocenters. The first-order valence-corrected chi connectivity index (χ1v) is 8.85. The van der Waals surface area contributed by atoms with Crippen molar-refractivity contribution in [1.82, 2.24) is 5.32 Å². The third kappa shape index (κ3) is 2.38. The van der Waals surface area contributed by atoms with E-state index in [1.54, 1.807) is 6.08 Å². The van der Waals surface area contributed by atoms with Crippen molar-refractivity contribution in [3.05, 3.63) is 58.6 Å². The normalized spacial score (nSPS) is 35.6. The van der Waals surface area contributed by atoms with E-state index >= 15 is 0 Å². The van der Waals surface area contributed by atoms with Crippen LogP contribution in [0.4, 0.5) is 0 Å². The first kappa shape index (κ1) is 14.8. The Kier molecular flexibility index (Phi) is 3.68. The van der Waals surface area contributed by atoms with Crippen molar-refractivity contribution >= 4 is 0 Å². The fourth-order valence-electron chi connectivity index (χ4n) is 4.72. The molecule has 3 N–H and O–H groups in total. The van der Waals surface area contributed by atoms with Crippen molar-refractivity contribution < 1.29 is 10.2 Å². The smallest absolute Gasteiger partial charge is 0.162 e. The lowest BCUT2D eigenvalue weighted by molar-refractivity contribution is 0.265. The fraction of sp³-hybridized carbons (Fsp3) is 0.500. The second-order valence-electron chi connectivity index (χ2n) is 7.19. The Morgan fingerprint density at radius 2 is 2.13 bits per heavy atom. The third-order valence-corrected chi connectivity index (χ3v) is 5.81. The van der Waals surface area contributed by atoms with Crippen molar-refractivity contribution in [2.24, 2.45) is 11.8 Å². The second kappa shape index (κ2) is 5.72. The summed E-state index contributed by atoms with van der Waals surface area (Å²) in [5, 5.41) is 23.8. The Morgan fingerprint density at radius 1 is 1.26 bits per heavy atom. The summed E-state index contributed by atoms with van der Waals surface area (Å²) >= 11 is 0. The van der Waals surface area contributed by atoms with Gasteiger partial charge in [-0.25, -0.2) is 0 Å². The van der Waals surface area contributed by atoms with Gasteiger partial charge >= 0.3 is 0 Å². The van der Waals surface area contributed by atoms with E-state index in [1.165, 1.54) is 30.4 Å². The van der Waals surface area contributed by atoms with E-state index in [1.807, 2.05) is 6.08 Å². The van der Waals surface area contributed by atoms with E-state index in [9.17, 15) is 10.2 Å². The molecule has 0 saturated carbocycles. The van der Waals surface area contributed by atoms with Gasteiger partial charge in [-0.05, 0) is 55.2 Å². The minimum atomic E-state index is -0.0284. The predicted octanol–water partition coefficient (Wildman–Crippen LogP) is 4.23. The molecule has 1 heterocycles. The van der Waals surface area contributed by atoms with Gasteiger partial charge in [-0.3, -0.25) is 5.32 Å². The summed E-state index contributed by atoms with van der Waals surface area (Å²) < 4.78 is 0. The van der Waals surface area contributed by atoms with E-state index in [0.29, 0.717) is 17.9 Å². The van der Waals surface area contributed by atoms with Crippen LogP contribution in [0.5, 0.6) is 0 Å². The zero-order valence-electron chi connectivity index (χ0n) is 13.6. The maximum atomic E-state index is 10.3. The summed E-state index contributed by atoms with van der Waals surface area (Å²) in [5.41, 5.74) is 3.71. The maximum Gasteiger partial charge on any atom is 0.162 e. The van der Waals surface area contributed by atoms with Crippen LogP contribution in [0.2, 0.25) is 0 Å². The van der Waals surface area contributed by atoms with Gasteiger partial charge in [0.25, 0.3) is 0 Å². The molecule has 0 aromatic heterocycles. The van der Waals surface area contributed by atoms with Gasteiger partial charge in [-0.2, -0.15) is 0 Å². The zero-order chi connectivity index (χ0) is 16.0. The Morgan fingerprint density at radius 3 is 2.96 bits per heavy atom. The van der Waals surface area contributed by atoms with Crippen molar-refractivity contribution in [2.45, 2.75) is 51.1 Å². The average Bonchev–Trinajstić information content (AvgIpc) is 2.58. The lowest BCUT2D eigenvalue weighted by Gasteiger charge is -2.45. The molecule has 122 valence electrons. The number of hydrogen-bond donors (Lipinski definition) is 3.